The Morgan fingerprint density at radius 2 is 1.30 bits per heavy atom. The van der Waals surface area contributed by atoms with Crippen molar-refractivity contribution < 1.29 is 28.4 Å². The summed E-state index contributed by atoms with van der Waals surface area (Å²) in [6.07, 6.45) is 1.72. The second-order valence-electron chi connectivity index (χ2n) is 9.73. The number of hydrogen-bond acceptors (Lipinski definition) is 6. The summed E-state index contributed by atoms with van der Waals surface area (Å²) in [5.41, 5.74) is 4.76. The molecule has 0 saturated carbocycles. The molecule has 6 rings (SSSR count). The summed E-state index contributed by atoms with van der Waals surface area (Å²) in [4.78, 5) is 0. The molecule has 0 aromatic heterocycles. The molecule has 0 spiro atoms. The van der Waals surface area contributed by atoms with Gasteiger partial charge in [0.15, 0.2) is 0 Å². The van der Waals surface area contributed by atoms with Gasteiger partial charge in [0.25, 0.3) is 0 Å². The lowest BCUT2D eigenvalue weighted by atomic mass is 9.77. The van der Waals surface area contributed by atoms with Crippen molar-refractivity contribution in [3.8, 4) is 11.5 Å². The van der Waals surface area contributed by atoms with Crippen molar-refractivity contribution in [2.75, 3.05) is 46.2 Å². The molecule has 0 radical (unpaired) electrons. The summed E-state index contributed by atoms with van der Waals surface area (Å²) in [6.45, 7) is 12.3. The van der Waals surface area contributed by atoms with Gasteiger partial charge in [0.2, 0.25) is 0 Å². The van der Waals surface area contributed by atoms with Gasteiger partial charge in [-0.2, -0.15) is 0 Å². The first-order chi connectivity index (χ1) is 16.0. The molecule has 0 amide bonds. The second-order valence-corrected chi connectivity index (χ2v) is 9.73. The van der Waals surface area contributed by atoms with E-state index in [4.69, 9.17) is 23.7 Å². The molecule has 4 aliphatic heterocycles. The number of rotatable bonds is 10. The van der Waals surface area contributed by atoms with E-state index in [9.17, 15) is 0 Å². The van der Waals surface area contributed by atoms with Gasteiger partial charge in [-0.25, -0.2) is 0 Å². The largest absolute Gasteiger partial charge is 0.491 e. The fraction of sp³-hybridized carbons (Fsp3) is 0.556. The predicted octanol–water partition coefficient (Wildman–Crippen LogP) is 3.83. The smallest absolute Gasteiger partial charge is 0.122 e. The molecule has 2 aromatic rings. The fourth-order valence-electron chi connectivity index (χ4n) is 3.76. The molecule has 4 heterocycles. The van der Waals surface area contributed by atoms with Crippen LogP contribution in [0.4, 0.5) is 0 Å². The molecule has 3 unspecified atom stereocenters. The highest BCUT2D eigenvalue weighted by Gasteiger charge is 2.30. The molecule has 0 bridgehead atoms. The normalized spacial score (nSPS) is 24.4. The Labute approximate surface area is 196 Å². The van der Waals surface area contributed by atoms with E-state index in [0.717, 1.165) is 56.5 Å². The summed E-state index contributed by atoms with van der Waals surface area (Å²) in [7, 11) is 0. The standard InChI is InChI=1S/C25H30O5.C2H4O/c1-16-8-18(4-6-23(16)29-14-21-12-27-21)25(2,3)19-5-7-24(30-15-22-13-28-22)17(9-19)10-20-11-26-20;1-2-3-1/h4-9,20-22H,10-15H2,1-3H3;1-2H2. The first-order valence-corrected chi connectivity index (χ1v) is 11.9. The Morgan fingerprint density at radius 1 is 0.788 bits per heavy atom. The van der Waals surface area contributed by atoms with E-state index in [2.05, 4.69) is 61.9 Å². The maximum absolute atomic E-state index is 6.04. The third kappa shape index (κ3) is 6.48. The van der Waals surface area contributed by atoms with Crippen LogP contribution in [0.3, 0.4) is 0 Å². The minimum absolute atomic E-state index is 0.139. The van der Waals surface area contributed by atoms with Gasteiger partial charge < -0.3 is 28.4 Å². The molecule has 3 atom stereocenters. The zero-order valence-electron chi connectivity index (χ0n) is 19.8. The van der Waals surface area contributed by atoms with Crippen LogP contribution in [0.2, 0.25) is 0 Å². The van der Waals surface area contributed by atoms with Crippen molar-refractivity contribution in [2.45, 2.75) is 50.9 Å². The Bertz CT molecular complexity index is 954. The average Bonchev–Trinajstić information content (AvgIpc) is 3.66. The van der Waals surface area contributed by atoms with Crippen LogP contribution in [-0.4, -0.2) is 64.6 Å². The highest BCUT2D eigenvalue weighted by atomic mass is 16.6. The van der Waals surface area contributed by atoms with Gasteiger partial charge in [-0.3, -0.25) is 0 Å². The van der Waals surface area contributed by atoms with Crippen molar-refractivity contribution in [1.82, 2.24) is 0 Å². The Balaban J connectivity index is 0.000000705. The zero-order valence-corrected chi connectivity index (χ0v) is 19.8. The molecule has 4 saturated heterocycles. The van der Waals surface area contributed by atoms with Crippen LogP contribution in [0.5, 0.6) is 11.5 Å². The third-order valence-corrected chi connectivity index (χ3v) is 6.39. The summed E-state index contributed by atoms with van der Waals surface area (Å²) in [5, 5.41) is 0. The van der Waals surface area contributed by atoms with E-state index in [0.29, 0.717) is 19.3 Å². The first-order valence-electron chi connectivity index (χ1n) is 11.9. The van der Waals surface area contributed by atoms with Gasteiger partial charge in [-0.1, -0.05) is 38.1 Å². The molecule has 6 nitrogen and oxygen atoms in total. The lowest BCUT2D eigenvalue weighted by Gasteiger charge is -2.28. The maximum atomic E-state index is 6.04. The van der Waals surface area contributed by atoms with Crippen LogP contribution < -0.4 is 9.47 Å². The van der Waals surface area contributed by atoms with Crippen molar-refractivity contribution in [3.63, 3.8) is 0 Å². The number of ether oxygens (including phenoxy) is 6. The van der Waals surface area contributed by atoms with Gasteiger partial charge in [0.05, 0.1) is 39.1 Å². The number of epoxide rings is 4. The van der Waals surface area contributed by atoms with Gasteiger partial charge >= 0.3 is 0 Å². The summed E-state index contributed by atoms with van der Waals surface area (Å²) in [6, 6.07) is 13.1. The minimum atomic E-state index is -0.139. The topological polar surface area (TPSA) is 68.6 Å². The molecule has 6 heteroatoms. The van der Waals surface area contributed by atoms with E-state index < -0.39 is 0 Å². The van der Waals surface area contributed by atoms with E-state index in [-0.39, 0.29) is 17.6 Å². The number of benzene rings is 2. The van der Waals surface area contributed by atoms with Crippen LogP contribution in [0, 0.1) is 6.92 Å². The summed E-state index contributed by atoms with van der Waals surface area (Å²) in [5.74, 6) is 1.88. The number of hydrogen-bond donors (Lipinski definition) is 0. The van der Waals surface area contributed by atoms with Crippen LogP contribution in [0.15, 0.2) is 36.4 Å². The van der Waals surface area contributed by atoms with Crippen LogP contribution in [0.25, 0.3) is 0 Å². The summed E-state index contributed by atoms with van der Waals surface area (Å²) >= 11 is 0. The molecule has 4 aliphatic rings. The molecule has 0 N–H and O–H groups in total. The Hall–Kier alpha value is -2.12. The van der Waals surface area contributed by atoms with Gasteiger partial charge in [-0.15, -0.1) is 0 Å². The monoisotopic (exact) mass is 454 g/mol. The molecule has 4 fully saturated rings. The third-order valence-electron chi connectivity index (χ3n) is 6.39. The quantitative estimate of drug-likeness (QED) is 0.508. The van der Waals surface area contributed by atoms with Crippen LogP contribution in [0.1, 0.15) is 36.1 Å². The highest BCUT2D eigenvalue weighted by molar-refractivity contribution is 5.47. The van der Waals surface area contributed by atoms with Gasteiger partial charge in [0, 0.05) is 11.8 Å². The van der Waals surface area contributed by atoms with E-state index in [1.54, 1.807) is 0 Å². The predicted molar refractivity (Wildman–Crippen MR) is 124 cm³/mol. The van der Waals surface area contributed by atoms with E-state index in [1.165, 1.54) is 16.7 Å². The lowest BCUT2D eigenvalue weighted by molar-refractivity contribution is 0.260. The molecule has 2 aromatic carbocycles. The van der Waals surface area contributed by atoms with Crippen LogP contribution in [-0.2, 0) is 30.8 Å². The van der Waals surface area contributed by atoms with Crippen molar-refractivity contribution in [1.29, 1.82) is 0 Å². The second kappa shape index (κ2) is 9.63. The van der Waals surface area contributed by atoms with E-state index in [1.807, 2.05) is 0 Å². The molecule has 0 aliphatic carbocycles. The van der Waals surface area contributed by atoms with Crippen molar-refractivity contribution >= 4 is 0 Å². The Kier molecular flexibility index (Phi) is 6.61. The van der Waals surface area contributed by atoms with Crippen LogP contribution >= 0.6 is 0 Å². The highest BCUT2D eigenvalue weighted by Crippen LogP contribution is 2.37. The van der Waals surface area contributed by atoms with Gasteiger partial charge in [0.1, 0.15) is 36.9 Å². The molecular weight excluding hydrogens is 420 g/mol. The van der Waals surface area contributed by atoms with Gasteiger partial charge in [-0.05, 0) is 41.3 Å². The zero-order chi connectivity index (χ0) is 22.8. The Morgan fingerprint density at radius 3 is 1.82 bits per heavy atom. The molecule has 178 valence electrons. The first kappa shape index (κ1) is 22.7. The number of aryl methyl sites for hydroxylation is 1. The average molecular weight is 455 g/mol. The lowest BCUT2D eigenvalue weighted by Crippen LogP contribution is -2.20. The molecular formula is C27H34O6. The maximum Gasteiger partial charge on any atom is 0.122 e. The van der Waals surface area contributed by atoms with Crippen molar-refractivity contribution in [2.24, 2.45) is 0 Å². The fourth-order valence-corrected chi connectivity index (χ4v) is 3.76. The minimum Gasteiger partial charge on any atom is -0.491 e. The molecule has 33 heavy (non-hydrogen) atoms. The summed E-state index contributed by atoms with van der Waals surface area (Å²) < 4.78 is 32.5. The SMILES string of the molecule is C1CO1.Cc1cc(C(C)(C)c2ccc(OCC3CO3)c(CC3CO3)c2)ccc1OCC1CO1. The van der Waals surface area contributed by atoms with E-state index >= 15 is 0 Å². The van der Waals surface area contributed by atoms with Crippen molar-refractivity contribution in [3.05, 3.63) is 58.7 Å².